The van der Waals surface area contributed by atoms with Crippen LogP contribution < -0.4 is 0 Å². The van der Waals surface area contributed by atoms with Crippen molar-refractivity contribution in [3.63, 3.8) is 0 Å². The molecule has 0 saturated carbocycles. The smallest absolute Gasteiger partial charge is 0.303 e. The molecule has 6 heavy (non-hydrogen) atoms. The average Bonchev–Trinajstić information content (AvgIpc) is 1.41. The maximum atomic E-state index is 4.61. The van der Waals surface area contributed by atoms with Crippen LogP contribution in [-0.4, -0.2) is 24.2 Å². The van der Waals surface area contributed by atoms with E-state index < -0.39 is 10.0 Å². The molecule has 0 radical (unpaired) electrons. The van der Waals surface area contributed by atoms with Crippen molar-refractivity contribution >= 4 is 22.4 Å². The van der Waals surface area contributed by atoms with Gasteiger partial charge in [0.25, 0.3) is 0 Å². The summed E-state index contributed by atoms with van der Waals surface area (Å²) in [5, 5.41) is 0. The minimum absolute atomic E-state index is 0. The molecule has 0 aromatic carbocycles. The molecule has 4 heteroatoms. The van der Waals surface area contributed by atoms with E-state index in [-0.39, 0.29) is 12.4 Å². The highest BCUT2D eigenvalue weighted by molar-refractivity contribution is 6.17. The molecule has 0 aliphatic carbocycles. The number of halogens is 1. The third-order valence-corrected chi connectivity index (χ3v) is 0.707. The highest BCUT2D eigenvalue weighted by Crippen LogP contribution is 1.55. The molecule has 2 nitrogen and oxygen atoms in total. The van der Waals surface area contributed by atoms with Gasteiger partial charge < -0.3 is 8.85 Å². The molecule has 0 heterocycles. The highest BCUT2D eigenvalue weighted by atomic mass is 35.5. The van der Waals surface area contributed by atoms with Crippen LogP contribution in [0, 0.1) is 0 Å². The predicted molar refractivity (Wildman–Crippen MR) is 29.8 cm³/mol. The Morgan fingerprint density at radius 1 is 1.17 bits per heavy atom. The van der Waals surface area contributed by atoms with Crippen LogP contribution >= 0.6 is 12.4 Å². The van der Waals surface area contributed by atoms with Gasteiger partial charge in [0.05, 0.1) is 0 Å². The molecule has 40 valence electrons. The maximum absolute atomic E-state index is 4.61. The Labute approximate surface area is 46.3 Å². The van der Waals surface area contributed by atoms with Crippen molar-refractivity contribution in [1.29, 1.82) is 0 Å². The topological polar surface area (TPSA) is 18.5 Å². The standard InChI is InChI=1S/C2H8O2Si.ClH/c1-3-5-4-2;/h5H2,1-2H3;1H. The fraction of sp³-hybridized carbons (Fsp3) is 1.00. The van der Waals surface area contributed by atoms with Crippen LogP contribution in [0.15, 0.2) is 0 Å². The Morgan fingerprint density at radius 3 is 1.50 bits per heavy atom. The average molecular weight is 129 g/mol. The first kappa shape index (κ1) is 9.66. The lowest BCUT2D eigenvalue weighted by molar-refractivity contribution is 0.309. The van der Waals surface area contributed by atoms with Crippen molar-refractivity contribution in [1.82, 2.24) is 0 Å². The van der Waals surface area contributed by atoms with E-state index in [1.54, 1.807) is 14.2 Å². The number of hydrogen-bond acceptors (Lipinski definition) is 2. The van der Waals surface area contributed by atoms with Crippen molar-refractivity contribution in [2.45, 2.75) is 0 Å². The Kier molecular flexibility index (Phi) is 14.6. The molecule has 0 aliphatic rings. The van der Waals surface area contributed by atoms with Crippen LogP contribution in [-0.2, 0) is 8.85 Å². The minimum atomic E-state index is -0.568. The zero-order chi connectivity index (χ0) is 4.12. The van der Waals surface area contributed by atoms with E-state index in [0.717, 1.165) is 0 Å². The fourth-order valence-corrected chi connectivity index (χ4v) is 0.354. The molecule has 0 spiro atoms. The zero-order valence-corrected chi connectivity index (χ0v) is 6.16. The monoisotopic (exact) mass is 128 g/mol. The van der Waals surface area contributed by atoms with Crippen LogP contribution in [0.3, 0.4) is 0 Å². The fourth-order valence-electron chi connectivity index (χ4n) is 0.118. The summed E-state index contributed by atoms with van der Waals surface area (Å²) in [4.78, 5) is 0. The molecule has 0 aliphatic heterocycles. The molecule has 0 unspecified atom stereocenters. The van der Waals surface area contributed by atoms with Crippen molar-refractivity contribution in [2.24, 2.45) is 0 Å². The summed E-state index contributed by atoms with van der Waals surface area (Å²) in [6.07, 6.45) is 0. The molecule has 0 atom stereocenters. The third kappa shape index (κ3) is 8.83. The SMILES string of the molecule is CO[SiH2]OC.Cl. The van der Waals surface area contributed by atoms with Crippen LogP contribution in [0.2, 0.25) is 0 Å². The van der Waals surface area contributed by atoms with Crippen molar-refractivity contribution in [2.75, 3.05) is 14.2 Å². The second kappa shape index (κ2) is 9.06. The predicted octanol–water partition coefficient (Wildman–Crippen LogP) is -0.300. The molecule has 0 saturated heterocycles. The van der Waals surface area contributed by atoms with E-state index >= 15 is 0 Å². The van der Waals surface area contributed by atoms with Gasteiger partial charge in [-0.05, 0) is 0 Å². The van der Waals surface area contributed by atoms with Crippen LogP contribution in [0.1, 0.15) is 0 Å². The molecular weight excluding hydrogens is 120 g/mol. The Bertz CT molecular complexity index is 19.0. The first-order chi connectivity index (χ1) is 2.41. The first-order valence-corrected chi connectivity index (χ1v) is 2.55. The van der Waals surface area contributed by atoms with Gasteiger partial charge in [-0.25, -0.2) is 0 Å². The third-order valence-electron chi connectivity index (χ3n) is 0.236. The molecule has 0 bridgehead atoms. The van der Waals surface area contributed by atoms with Gasteiger partial charge in [0, 0.05) is 14.2 Å². The normalized spacial score (nSPS) is 7.00. The quantitative estimate of drug-likeness (QED) is 0.476. The van der Waals surface area contributed by atoms with E-state index in [9.17, 15) is 0 Å². The van der Waals surface area contributed by atoms with Gasteiger partial charge >= 0.3 is 10.0 Å². The minimum Gasteiger partial charge on any atom is -0.402 e. The number of hydrogen-bond donors (Lipinski definition) is 0. The lowest BCUT2D eigenvalue weighted by atomic mass is 11.8. The summed E-state index contributed by atoms with van der Waals surface area (Å²) in [7, 11) is 2.73. The highest BCUT2D eigenvalue weighted by Gasteiger charge is 1.67. The molecule has 0 aromatic heterocycles. The summed E-state index contributed by atoms with van der Waals surface area (Å²) in [6.45, 7) is 0. The summed E-state index contributed by atoms with van der Waals surface area (Å²) in [5.74, 6) is 0. The van der Waals surface area contributed by atoms with Gasteiger partial charge in [0.2, 0.25) is 0 Å². The number of rotatable bonds is 2. The maximum Gasteiger partial charge on any atom is 0.303 e. The molecule has 0 aromatic rings. The molecule has 0 amide bonds. The summed E-state index contributed by atoms with van der Waals surface area (Å²) >= 11 is 0. The van der Waals surface area contributed by atoms with E-state index in [0.29, 0.717) is 0 Å². The summed E-state index contributed by atoms with van der Waals surface area (Å²) < 4.78 is 9.22. The molecular formula is C2H9ClO2Si. The Balaban J connectivity index is 0. The molecule has 0 fully saturated rings. The van der Waals surface area contributed by atoms with Crippen molar-refractivity contribution < 1.29 is 8.85 Å². The molecule has 0 rings (SSSR count). The lowest BCUT2D eigenvalue weighted by Gasteiger charge is -1.86. The van der Waals surface area contributed by atoms with E-state index in [1.807, 2.05) is 0 Å². The zero-order valence-electron chi connectivity index (χ0n) is 3.93. The van der Waals surface area contributed by atoms with Crippen molar-refractivity contribution in [3.05, 3.63) is 0 Å². The van der Waals surface area contributed by atoms with Gasteiger partial charge in [-0.3, -0.25) is 0 Å². The van der Waals surface area contributed by atoms with Gasteiger partial charge in [-0.2, -0.15) is 0 Å². The molecule has 0 N–H and O–H groups in total. The lowest BCUT2D eigenvalue weighted by Crippen LogP contribution is -1.93. The second-order valence-electron chi connectivity index (χ2n) is 0.695. The van der Waals surface area contributed by atoms with E-state index in [4.69, 9.17) is 0 Å². The first-order valence-electron chi connectivity index (χ1n) is 1.39. The van der Waals surface area contributed by atoms with Crippen LogP contribution in [0.4, 0.5) is 0 Å². The van der Waals surface area contributed by atoms with Gasteiger partial charge in [-0.1, -0.05) is 0 Å². The van der Waals surface area contributed by atoms with Gasteiger partial charge in [-0.15, -0.1) is 12.4 Å². The Hall–Kier alpha value is 0.427. The van der Waals surface area contributed by atoms with E-state index in [1.165, 1.54) is 0 Å². The largest absolute Gasteiger partial charge is 0.402 e. The van der Waals surface area contributed by atoms with E-state index in [2.05, 4.69) is 8.85 Å². The van der Waals surface area contributed by atoms with Crippen molar-refractivity contribution in [3.8, 4) is 0 Å². The van der Waals surface area contributed by atoms with Crippen LogP contribution in [0.5, 0.6) is 0 Å². The second-order valence-corrected chi connectivity index (χ2v) is 2.09. The van der Waals surface area contributed by atoms with Crippen LogP contribution in [0.25, 0.3) is 0 Å². The summed E-state index contributed by atoms with van der Waals surface area (Å²) in [5.41, 5.74) is 0. The van der Waals surface area contributed by atoms with Gasteiger partial charge in [0.15, 0.2) is 0 Å². The summed E-state index contributed by atoms with van der Waals surface area (Å²) in [6, 6.07) is 0. The van der Waals surface area contributed by atoms with Gasteiger partial charge in [0.1, 0.15) is 0 Å². The Morgan fingerprint density at radius 2 is 1.50 bits per heavy atom.